The van der Waals surface area contributed by atoms with E-state index in [-0.39, 0.29) is 13.2 Å². The number of carbonyl (C=O) groups excluding carboxylic acids is 3. The van der Waals surface area contributed by atoms with Crippen molar-refractivity contribution in [2.24, 2.45) is 5.92 Å². The molecule has 0 aliphatic heterocycles. The highest BCUT2D eigenvalue weighted by atomic mass is 79.9. The Labute approximate surface area is 183 Å². The molecule has 8 heteroatoms. The Morgan fingerprint density at radius 1 is 0.900 bits per heavy atom. The average Bonchev–Trinajstić information content (AvgIpc) is 2.74. The summed E-state index contributed by atoms with van der Waals surface area (Å²) in [4.78, 5) is 37.1. The van der Waals surface area contributed by atoms with Gasteiger partial charge in [0.05, 0.1) is 31.9 Å². The van der Waals surface area contributed by atoms with Crippen LogP contribution < -0.4 is 5.32 Å². The van der Waals surface area contributed by atoms with Gasteiger partial charge in [-0.25, -0.2) is 4.79 Å². The molecule has 2 aromatic rings. The minimum absolute atomic E-state index is 0.126. The maximum Gasteiger partial charge on any atom is 0.337 e. The average molecular weight is 478 g/mol. The Kier molecular flexibility index (Phi) is 8.86. The second-order valence-electron chi connectivity index (χ2n) is 6.22. The van der Waals surface area contributed by atoms with Gasteiger partial charge in [0, 0.05) is 10.2 Å². The summed E-state index contributed by atoms with van der Waals surface area (Å²) >= 11 is 3.38. The van der Waals surface area contributed by atoms with Crippen LogP contribution in [0.2, 0.25) is 0 Å². The van der Waals surface area contributed by atoms with Crippen molar-refractivity contribution in [3.05, 3.63) is 64.1 Å². The molecule has 0 saturated heterocycles. The van der Waals surface area contributed by atoms with Gasteiger partial charge < -0.3 is 19.5 Å². The lowest BCUT2D eigenvalue weighted by Crippen LogP contribution is -2.36. The lowest BCUT2D eigenvalue weighted by Gasteiger charge is -2.26. The molecule has 7 nitrogen and oxygen atoms in total. The van der Waals surface area contributed by atoms with Crippen LogP contribution >= 0.6 is 15.9 Å². The van der Waals surface area contributed by atoms with Gasteiger partial charge in [0.1, 0.15) is 0 Å². The molecule has 0 radical (unpaired) electrons. The number of hydrogen-bond acceptors (Lipinski definition) is 7. The van der Waals surface area contributed by atoms with Crippen LogP contribution in [0.3, 0.4) is 0 Å². The molecular formula is C22H24BrNO6. The Hall–Kier alpha value is -2.87. The highest BCUT2D eigenvalue weighted by molar-refractivity contribution is 9.10. The minimum Gasteiger partial charge on any atom is -0.465 e. The van der Waals surface area contributed by atoms with Crippen molar-refractivity contribution in [1.82, 2.24) is 0 Å². The standard InChI is InChI=1S/C22H24BrNO6/c1-4-29-21(26)18(22(27)30-5-2)19(24-17-12-10-16(23)11-13-17)14-6-8-15(9-7-14)20(25)28-3/h6-13,18-19,24H,4-5H2,1-3H3. The van der Waals surface area contributed by atoms with Gasteiger partial charge in [-0.05, 0) is 55.8 Å². The van der Waals surface area contributed by atoms with Crippen molar-refractivity contribution in [3.63, 3.8) is 0 Å². The topological polar surface area (TPSA) is 90.9 Å². The molecule has 0 fully saturated rings. The number of benzene rings is 2. The first-order chi connectivity index (χ1) is 14.4. The van der Waals surface area contributed by atoms with Crippen molar-refractivity contribution in [1.29, 1.82) is 0 Å². The zero-order chi connectivity index (χ0) is 22.1. The van der Waals surface area contributed by atoms with Crippen molar-refractivity contribution in [2.75, 3.05) is 25.6 Å². The Balaban J connectivity index is 2.48. The molecule has 1 atom stereocenters. The number of halogens is 1. The molecule has 0 bridgehead atoms. The molecule has 0 aliphatic carbocycles. The van der Waals surface area contributed by atoms with E-state index in [4.69, 9.17) is 14.2 Å². The zero-order valence-corrected chi connectivity index (χ0v) is 18.6. The summed E-state index contributed by atoms with van der Waals surface area (Å²) in [5.41, 5.74) is 1.66. The van der Waals surface area contributed by atoms with Gasteiger partial charge in [-0.2, -0.15) is 0 Å². The molecule has 160 valence electrons. The number of anilines is 1. The van der Waals surface area contributed by atoms with Crippen LogP contribution in [0.1, 0.15) is 35.8 Å². The Bertz CT molecular complexity index is 848. The largest absolute Gasteiger partial charge is 0.465 e. The van der Waals surface area contributed by atoms with Crippen LogP contribution in [0.4, 0.5) is 5.69 Å². The second-order valence-corrected chi connectivity index (χ2v) is 7.14. The van der Waals surface area contributed by atoms with Crippen molar-refractivity contribution >= 4 is 39.5 Å². The number of ether oxygens (including phenoxy) is 3. The highest BCUT2D eigenvalue weighted by Gasteiger charge is 2.38. The van der Waals surface area contributed by atoms with Gasteiger partial charge in [0.2, 0.25) is 0 Å². The molecule has 30 heavy (non-hydrogen) atoms. The van der Waals surface area contributed by atoms with E-state index < -0.39 is 29.9 Å². The smallest absolute Gasteiger partial charge is 0.337 e. The lowest BCUT2D eigenvalue weighted by atomic mass is 9.91. The van der Waals surface area contributed by atoms with Gasteiger partial charge in [-0.1, -0.05) is 28.1 Å². The van der Waals surface area contributed by atoms with Gasteiger partial charge in [0.15, 0.2) is 5.92 Å². The van der Waals surface area contributed by atoms with Crippen LogP contribution in [0, 0.1) is 5.92 Å². The number of rotatable bonds is 9. The summed E-state index contributed by atoms with van der Waals surface area (Å²) in [5.74, 6) is -3.10. The van der Waals surface area contributed by atoms with Crippen LogP contribution in [-0.4, -0.2) is 38.2 Å². The summed E-state index contributed by atoms with van der Waals surface area (Å²) in [7, 11) is 1.30. The number of carbonyl (C=O) groups is 3. The number of nitrogens with one attached hydrogen (secondary N) is 1. The first kappa shape index (κ1) is 23.4. The molecule has 0 amide bonds. The van der Waals surface area contributed by atoms with E-state index in [0.717, 1.165) is 4.47 Å². The maximum atomic E-state index is 12.7. The monoisotopic (exact) mass is 477 g/mol. The van der Waals surface area contributed by atoms with E-state index in [1.165, 1.54) is 7.11 Å². The highest BCUT2D eigenvalue weighted by Crippen LogP contribution is 2.30. The summed E-state index contributed by atoms with van der Waals surface area (Å²) in [6.07, 6.45) is 0. The Morgan fingerprint density at radius 3 is 1.90 bits per heavy atom. The summed E-state index contributed by atoms with van der Waals surface area (Å²) in [6.45, 7) is 3.59. The van der Waals surface area contributed by atoms with Crippen LogP contribution in [0.5, 0.6) is 0 Å². The molecule has 1 N–H and O–H groups in total. The van der Waals surface area contributed by atoms with Crippen LogP contribution in [0.15, 0.2) is 53.0 Å². The fourth-order valence-electron chi connectivity index (χ4n) is 2.86. The summed E-state index contributed by atoms with van der Waals surface area (Å²) < 4.78 is 15.9. The summed E-state index contributed by atoms with van der Waals surface area (Å²) in [5, 5.41) is 3.23. The number of methoxy groups -OCH3 is 1. The molecule has 1 unspecified atom stereocenters. The first-order valence-corrected chi connectivity index (χ1v) is 10.2. The predicted octanol–water partition coefficient (Wildman–Crippen LogP) is 4.13. The van der Waals surface area contributed by atoms with Gasteiger partial charge in [-0.15, -0.1) is 0 Å². The molecule has 2 aromatic carbocycles. The molecule has 0 aliphatic rings. The quantitative estimate of drug-likeness (QED) is 0.329. The molecule has 0 spiro atoms. The van der Waals surface area contributed by atoms with E-state index in [1.807, 2.05) is 24.3 Å². The third-order valence-corrected chi connectivity index (χ3v) is 4.80. The zero-order valence-electron chi connectivity index (χ0n) is 17.0. The molecule has 0 heterocycles. The normalized spacial score (nSPS) is 11.5. The molecule has 0 aromatic heterocycles. The SMILES string of the molecule is CCOC(=O)C(C(=O)OCC)C(Nc1ccc(Br)cc1)c1ccc(C(=O)OC)cc1. The molecular weight excluding hydrogens is 454 g/mol. The third kappa shape index (κ3) is 6.06. The number of esters is 3. The third-order valence-electron chi connectivity index (χ3n) is 4.27. The van der Waals surface area contributed by atoms with Gasteiger partial charge in [-0.3, -0.25) is 9.59 Å². The minimum atomic E-state index is -1.24. The van der Waals surface area contributed by atoms with Crippen molar-refractivity contribution < 1.29 is 28.6 Å². The predicted molar refractivity (Wildman–Crippen MR) is 115 cm³/mol. The Morgan fingerprint density at radius 2 is 1.43 bits per heavy atom. The molecule has 0 saturated carbocycles. The lowest BCUT2D eigenvalue weighted by molar-refractivity contribution is -0.162. The number of hydrogen-bond donors (Lipinski definition) is 1. The van der Waals surface area contributed by atoms with E-state index >= 15 is 0 Å². The van der Waals surface area contributed by atoms with E-state index in [1.54, 1.807) is 38.1 Å². The first-order valence-electron chi connectivity index (χ1n) is 9.44. The fraction of sp³-hybridized carbons (Fsp3) is 0.318. The van der Waals surface area contributed by atoms with Gasteiger partial charge in [0.25, 0.3) is 0 Å². The molecule has 2 rings (SSSR count). The van der Waals surface area contributed by atoms with Crippen molar-refractivity contribution in [3.8, 4) is 0 Å². The van der Waals surface area contributed by atoms with Crippen LogP contribution in [0.25, 0.3) is 0 Å². The van der Waals surface area contributed by atoms with Gasteiger partial charge >= 0.3 is 17.9 Å². The van der Waals surface area contributed by atoms with Crippen LogP contribution in [-0.2, 0) is 23.8 Å². The van der Waals surface area contributed by atoms with E-state index in [0.29, 0.717) is 16.8 Å². The summed E-state index contributed by atoms with van der Waals surface area (Å²) in [6, 6.07) is 13.0. The van der Waals surface area contributed by atoms with E-state index in [2.05, 4.69) is 21.2 Å². The second kappa shape index (κ2) is 11.3. The van der Waals surface area contributed by atoms with E-state index in [9.17, 15) is 14.4 Å². The van der Waals surface area contributed by atoms with Crippen molar-refractivity contribution in [2.45, 2.75) is 19.9 Å². The fourth-order valence-corrected chi connectivity index (χ4v) is 3.13. The maximum absolute atomic E-state index is 12.7.